The highest BCUT2D eigenvalue weighted by Crippen LogP contribution is 2.23. The molecule has 2 amide bonds. The number of hydrogen-bond donors (Lipinski definition) is 1. The van der Waals surface area contributed by atoms with Crippen LogP contribution in [-0.4, -0.2) is 35.9 Å². The van der Waals surface area contributed by atoms with E-state index in [0.717, 1.165) is 12.2 Å². The van der Waals surface area contributed by atoms with Crippen molar-refractivity contribution in [2.45, 2.75) is 25.8 Å². The molecule has 3 rings (SSSR count). The molecule has 0 unspecified atom stereocenters. The highest BCUT2D eigenvalue weighted by atomic mass is 19.1. The lowest BCUT2D eigenvalue weighted by Crippen LogP contribution is -2.43. The number of carbonyl (C=O) groups is 2. The van der Waals surface area contributed by atoms with Gasteiger partial charge in [-0.2, -0.15) is 0 Å². The number of carbonyl (C=O) groups excluding carboxylic acids is 2. The first-order chi connectivity index (χ1) is 12.6. The van der Waals surface area contributed by atoms with Crippen LogP contribution in [0.15, 0.2) is 48.5 Å². The predicted molar refractivity (Wildman–Crippen MR) is 96.7 cm³/mol. The Balaban J connectivity index is 1.67. The summed E-state index contributed by atoms with van der Waals surface area (Å²) in [5.41, 5.74) is 1.03. The highest BCUT2D eigenvalue weighted by molar-refractivity contribution is 6.01. The van der Waals surface area contributed by atoms with Crippen molar-refractivity contribution in [3.8, 4) is 5.75 Å². The second kappa shape index (κ2) is 7.99. The van der Waals surface area contributed by atoms with Crippen LogP contribution in [0.2, 0.25) is 0 Å². The van der Waals surface area contributed by atoms with Crippen molar-refractivity contribution < 1.29 is 18.7 Å². The van der Waals surface area contributed by atoms with Gasteiger partial charge in [-0.25, -0.2) is 4.39 Å². The van der Waals surface area contributed by atoms with Crippen molar-refractivity contribution in [2.75, 3.05) is 18.5 Å². The Labute approximate surface area is 151 Å². The zero-order valence-electron chi connectivity index (χ0n) is 14.6. The summed E-state index contributed by atoms with van der Waals surface area (Å²) in [6.45, 7) is 2.99. The molecule has 6 heteroatoms. The molecule has 1 heterocycles. The fourth-order valence-electron chi connectivity index (χ4n) is 3.07. The Kier molecular flexibility index (Phi) is 5.51. The van der Waals surface area contributed by atoms with Gasteiger partial charge in [0.2, 0.25) is 5.91 Å². The molecule has 1 N–H and O–H groups in total. The number of hydrogen-bond acceptors (Lipinski definition) is 3. The Hall–Kier alpha value is -2.89. The molecule has 5 nitrogen and oxygen atoms in total. The maximum atomic E-state index is 13.1. The number of benzene rings is 2. The topological polar surface area (TPSA) is 58.6 Å². The van der Waals surface area contributed by atoms with E-state index in [2.05, 4.69) is 5.32 Å². The minimum absolute atomic E-state index is 0.220. The second-order valence-corrected chi connectivity index (χ2v) is 6.11. The summed E-state index contributed by atoms with van der Waals surface area (Å²) in [7, 11) is 0. The summed E-state index contributed by atoms with van der Waals surface area (Å²) in [4.78, 5) is 26.8. The number of nitrogens with one attached hydrogen (secondary N) is 1. The molecule has 26 heavy (non-hydrogen) atoms. The third-order valence-corrected chi connectivity index (χ3v) is 4.34. The summed E-state index contributed by atoms with van der Waals surface area (Å²) < 4.78 is 18.4. The van der Waals surface area contributed by atoms with E-state index in [1.807, 2.05) is 6.92 Å². The van der Waals surface area contributed by atoms with Gasteiger partial charge in [0.25, 0.3) is 5.91 Å². The maximum Gasteiger partial charge on any atom is 0.254 e. The SMILES string of the molecule is CCOc1ccc(NC(=O)[C@H]2CCCN2C(=O)c2ccc(F)cc2)cc1. The van der Waals surface area contributed by atoms with Crippen LogP contribution in [0.1, 0.15) is 30.1 Å². The first-order valence-corrected chi connectivity index (χ1v) is 8.68. The summed E-state index contributed by atoms with van der Waals surface area (Å²) in [5.74, 6) is -0.135. The number of nitrogens with zero attached hydrogens (tertiary/aromatic N) is 1. The molecule has 0 aromatic heterocycles. The predicted octanol–water partition coefficient (Wildman–Crippen LogP) is 3.47. The van der Waals surface area contributed by atoms with Crippen molar-refractivity contribution in [1.82, 2.24) is 4.90 Å². The molecular weight excluding hydrogens is 335 g/mol. The summed E-state index contributed by atoms with van der Waals surface area (Å²) in [6, 6.07) is 12.0. The number of anilines is 1. The van der Waals surface area contributed by atoms with Crippen LogP contribution in [-0.2, 0) is 4.79 Å². The molecule has 2 aromatic carbocycles. The van der Waals surface area contributed by atoms with Gasteiger partial charge in [0.05, 0.1) is 6.61 Å². The van der Waals surface area contributed by atoms with Gasteiger partial charge in [-0.05, 0) is 68.3 Å². The average molecular weight is 356 g/mol. The second-order valence-electron chi connectivity index (χ2n) is 6.11. The molecule has 0 radical (unpaired) electrons. The quantitative estimate of drug-likeness (QED) is 0.892. The van der Waals surface area contributed by atoms with Crippen LogP contribution in [0.3, 0.4) is 0 Å². The summed E-state index contributed by atoms with van der Waals surface area (Å²) >= 11 is 0. The van der Waals surface area contributed by atoms with Crippen molar-refractivity contribution in [1.29, 1.82) is 0 Å². The largest absolute Gasteiger partial charge is 0.494 e. The molecule has 0 aliphatic carbocycles. The minimum atomic E-state index is -0.529. The van der Waals surface area contributed by atoms with Crippen molar-refractivity contribution in [3.05, 3.63) is 59.9 Å². The van der Waals surface area contributed by atoms with E-state index >= 15 is 0 Å². The van der Waals surface area contributed by atoms with Gasteiger partial charge >= 0.3 is 0 Å². The van der Waals surface area contributed by atoms with E-state index in [1.165, 1.54) is 24.3 Å². The van der Waals surface area contributed by atoms with Crippen LogP contribution < -0.4 is 10.1 Å². The van der Waals surface area contributed by atoms with Crippen LogP contribution in [0.4, 0.5) is 10.1 Å². The summed E-state index contributed by atoms with van der Waals surface area (Å²) in [5, 5.41) is 2.85. The lowest BCUT2D eigenvalue weighted by atomic mass is 10.1. The van der Waals surface area contributed by atoms with E-state index in [-0.39, 0.29) is 11.8 Å². The zero-order valence-corrected chi connectivity index (χ0v) is 14.6. The molecule has 0 saturated carbocycles. The lowest BCUT2D eigenvalue weighted by Gasteiger charge is -2.24. The molecule has 1 aliphatic heterocycles. The maximum absolute atomic E-state index is 13.1. The third kappa shape index (κ3) is 4.02. The van der Waals surface area contributed by atoms with Gasteiger partial charge in [0, 0.05) is 17.8 Å². The molecule has 1 aliphatic rings. The first-order valence-electron chi connectivity index (χ1n) is 8.68. The Morgan fingerprint density at radius 1 is 1.15 bits per heavy atom. The number of amides is 2. The van der Waals surface area contributed by atoms with Crippen molar-refractivity contribution >= 4 is 17.5 Å². The van der Waals surface area contributed by atoms with Gasteiger partial charge in [-0.1, -0.05) is 0 Å². The average Bonchev–Trinajstić information content (AvgIpc) is 3.13. The summed E-state index contributed by atoms with van der Waals surface area (Å²) in [6.07, 6.45) is 1.37. The number of likely N-dealkylation sites (tertiary alicyclic amines) is 1. The van der Waals surface area contributed by atoms with Crippen LogP contribution in [0, 0.1) is 5.82 Å². The smallest absolute Gasteiger partial charge is 0.254 e. The monoisotopic (exact) mass is 356 g/mol. The van der Waals surface area contributed by atoms with Gasteiger partial charge in [-0.3, -0.25) is 9.59 Å². The normalized spacial score (nSPS) is 16.4. The van der Waals surface area contributed by atoms with Crippen LogP contribution >= 0.6 is 0 Å². The Morgan fingerprint density at radius 3 is 2.50 bits per heavy atom. The Morgan fingerprint density at radius 2 is 1.85 bits per heavy atom. The van der Waals surface area contributed by atoms with Gasteiger partial charge in [0.15, 0.2) is 0 Å². The number of halogens is 1. The number of ether oxygens (including phenoxy) is 1. The molecular formula is C20H21FN2O3. The first kappa shape index (κ1) is 17.9. The standard InChI is InChI=1S/C20H21FN2O3/c1-2-26-17-11-9-16(10-12-17)22-19(24)18-4-3-13-23(18)20(25)14-5-7-15(21)8-6-14/h5-12,18H,2-4,13H2,1H3,(H,22,24)/t18-/m1/s1. The van der Waals surface area contributed by atoms with Gasteiger partial charge in [-0.15, -0.1) is 0 Å². The fourth-order valence-corrected chi connectivity index (χ4v) is 3.07. The van der Waals surface area contributed by atoms with E-state index in [0.29, 0.717) is 30.8 Å². The van der Waals surface area contributed by atoms with E-state index < -0.39 is 11.9 Å². The molecule has 1 atom stereocenters. The molecule has 0 bridgehead atoms. The molecule has 2 aromatic rings. The molecule has 0 spiro atoms. The highest BCUT2D eigenvalue weighted by Gasteiger charge is 2.34. The lowest BCUT2D eigenvalue weighted by molar-refractivity contribution is -0.119. The molecule has 1 saturated heterocycles. The van der Waals surface area contributed by atoms with Crippen LogP contribution in [0.5, 0.6) is 5.75 Å². The molecule has 136 valence electrons. The molecule has 1 fully saturated rings. The van der Waals surface area contributed by atoms with E-state index in [9.17, 15) is 14.0 Å². The van der Waals surface area contributed by atoms with Gasteiger partial charge < -0.3 is 15.0 Å². The van der Waals surface area contributed by atoms with Crippen molar-refractivity contribution in [2.24, 2.45) is 0 Å². The van der Waals surface area contributed by atoms with Crippen LogP contribution in [0.25, 0.3) is 0 Å². The van der Waals surface area contributed by atoms with Crippen molar-refractivity contribution in [3.63, 3.8) is 0 Å². The van der Waals surface area contributed by atoms with E-state index in [4.69, 9.17) is 4.74 Å². The fraction of sp³-hybridized carbons (Fsp3) is 0.300. The zero-order chi connectivity index (χ0) is 18.5. The third-order valence-electron chi connectivity index (χ3n) is 4.34. The Bertz CT molecular complexity index is 775. The number of rotatable bonds is 5. The minimum Gasteiger partial charge on any atom is -0.494 e. The van der Waals surface area contributed by atoms with Gasteiger partial charge in [0.1, 0.15) is 17.6 Å². The van der Waals surface area contributed by atoms with E-state index in [1.54, 1.807) is 29.2 Å².